The van der Waals surface area contributed by atoms with Crippen LogP contribution < -0.4 is 0 Å². The summed E-state index contributed by atoms with van der Waals surface area (Å²) in [5, 5.41) is 0.543. The molecule has 0 aromatic heterocycles. The van der Waals surface area contributed by atoms with E-state index in [0.29, 0.717) is 5.41 Å². The summed E-state index contributed by atoms with van der Waals surface area (Å²) in [4.78, 5) is 9.33. The first-order valence-electron chi connectivity index (χ1n) is 1.62. The smallest absolute Gasteiger partial charge is 0.333 e. The summed E-state index contributed by atoms with van der Waals surface area (Å²) in [6.45, 7) is 2.71. The Bertz CT molecular complexity index is 177. The SMILES string of the molecule is C=CS(=O)(=O)OC=O. The van der Waals surface area contributed by atoms with Crippen LogP contribution in [0.5, 0.6) is 0 Å². The van der Waals surface area contributed by atoms with Gasteiger partial charge in [0.05, 0.1) is 5.41 Å². The van der Waals surface area contributed by atoms with Crippen molar-refractivity contribution in [3.8, 4) is 0 Å². The van der Waals surface area contributed by atoms with Gasteiger partial charge in [0.2, 0.25) is 0 Å². The number of hydrogen-bond acceptors (Lipinski definition) is 4. The van der Waals surface area contributed by atoms with Crippen LogP contribution in [0.3, 0.4) is 0 Å². The van der Waals surface area contributed by atoms with Crippen molar-refractivity contribution in [2.75, 3.05) is 0 Å². The van der Waals surface area contributed by atoms with Crippen LogP contribution in [0.1, 0.15) is 0 Å². The average Bonchev–Trinajstić information content (AvgIpc) is 1.67. The Morgan fingerprint density at radius 2 is 2.00 bits per heavy atom. The summed E-state index contributed by atoms with van der Waals surface area (Å²) in [6.07, 6.45) is 0. The lowest BCUT2D eigenvalue weighted by molar-refractivity contribution is -0.120. The van der Waals surface area contributed by atoms with Gasteiger partial charge in [0.15, 0.2) is 0 Å². The van der Waals surface area contributed by atoms with Gasteiger partial charge < -0.3 is 4.18 Å². The van der Waals surface area contributed by atoms with Gasteiger partial charge in [-0.3, -0.25) is 4.79 Å². The molecule has 0 unspecified atom stereocenters. The second-order valence-corrected chi connectivity index (χ2v) is 2.36. The second-order valence-electron chi connectivity index (χ2n) is 0.852. The highest BCUT2D eigenvalue weighted by atomic mass is 32.2. The summed E-state index contributed by atoms with van der Waals surface area (Å²) in [5.74, 6) is 0. The lowest BCUT2D eigenvalue weighted by Gasteiger charge is -1.87. The fourth-order valence-corrected chi connectivity index (χ4v) is 0.282. The Morgan fingerprint density at radius 1 is 1.50 bits per heavy atom. The summed E-state index contributed by atoms with van der Waals surface area (Å²) in [6, 6.07) is 0. The van der Waals surface area contributed by atoms with Crippen LogP contribution in [0, 0.1) is 0 Å². The highest BCUT2D eigenvalue weighted by molar-refractivity contribution is 7.90. The lowest BCUT2D eigenvalue weighted by Crippen LogP contribution is -1.97. The molecule has 0 spiro atoms. The highest BCUT2D eigenvalue weighted by Gasteiger charge is 1.99. The van der Waals surface area contributed by atoms with Crippen molar-refractivity contribution in [2.24, 2.45) is 0 Å². The quantitative estimate of drug-likeness (QED) is 0.392. The Balaban J connectivity index is 4.15. The third-order valence-electron chi connectivity index (χ3n) is 0.378. The minimum atomic E-state index is -3.77. The summed E-state index contributed by atoms with van der Waals surface area (Å²) < 4.78 is 23.6. The van der Waals surface area contributed by atoms with E-state index in [2.05, 4.69) is 10.8 Å². The Hall–Kier alpha value is -0.840. The molecule has 0 aliphatic rings. The highest BCUT2D eigenvalue weighted by Crippen LogP contribution is 1.87. The minimum absolute atomic E-state index is 0.170. The maximum absolute atomic E-state index is 10.0. The van der Waals surface area contributed by atoms with Crippen LogP contribution in [0.15, 0.2) is 12.0 Å². The van der Waals surface area contributed by atoms with E-state index in [1.54, 1.807) is 0 Å². The molecular weight excluding hydrogens is 132 g/mol. The van der Waals surface area contributed by atoms with Gasteiger partial charge in [-0.05, 0) is 0 Å². The fraction of sp³-hybridized carbons (Fsp3) is 0. The molecule has 0 saturated carbocycles. The van der Waals surface area contributed by atoms with Gasteiger partial charge >= 0.3 is 16.6 Å². The molecule has 0 saturated heterocycles. The monoisotopic (exact) mass is 136 g/mol. The number of carbonyl (C=O) groups excluding carboxylic acids is 1. The third-order valence-corrected chi connectivity index (χ3v) is 1.13. The topological polar surface area (TPSA) is 60.4 Å². The summed E-state index contributed by atoms with van der Waals surface area (Å²) in [7, 11) is -3.77. The van der Waals surface area contributed by atoms with Crippen LogP contribution in [0.4, 0.5) is 0 Å². The largest absolute Gasteiger partial charge is 0.345 e. The van der Waals surface area contributed by atoms with Crippen LogP contribution in [-0.4, -0.2) is 14.9 Å². The molecule has 0 heterocycles. The first-order valence-corrected chi connectivity index (χ1v) is 3.09. The van der Waals surface area contributed by atoms with E-state index in [4.69, 9.17) is 0 Å². The predicted octanol–water partition coefficient (Wildman–Crippen LogP) is -0.367. The second kappa shape index (κ2) is 2.46. The lowest BCUT2D eigenvalue weighted by atomic mass is 11.3. The van der Waals surface area contributed by atoms with Crippen molar-refractivity contribution in [1.82, 2.24) is 0 Å². The van der Waals surface area contributed by atoms with Gasteiger partial charge in [-0.15, -0.1) is 0 Å². The van der Waals surface area contributed by atoms with E-state index in [9.17, 15) is 13.2 Å². The molecule has 0 fully saturated rings. The zero-order chi connectivity index (χ0) is 6.62. The van der Waals surface area contributed by atoms with E-state index in [0.717, 1.165) is 0 Å². The van der Waals surface area contributed by atoms with Gasteiger partial charge in [-0.25, -0.2) is 0 Å². The zero-order valence-electron chi connectivity index (χ0n) is 3.90. The van der Waals surface area contributed by atoms with Crippen LogP contribution in [-0.2, 0) is 19.1 Å². The number of hydrogen-bond donors (Lipinski definition) is 0. The third kappa shape index (κ3) is 2.35. The Morgan fingerprint density at radius 3 is 2.12 bits per heavy atom. The molecule has 0 N–H and O–H groups in total. The maximum atomic E-state index is 10.0. The molecule has 4 nitrogen and oxygen atoms in total. The van der Waals surface area contributed by atoms with Gasteiger partial charge in [-0.2, -0.15) is 8.42 Å². The van der Waals surface area contributed by atoms with E-state index in [1.807, 2.05) is 0 Å². The molecule has 0 atom stereocenters. The molecule has 0 rings (SSSR count). The summed E-state index contributed by atoms with van der Waals surface area (Å²) >= 11 is 0. The Kier molecular flexibility index (Phi) is 2.20. The molecule has 0 bridgehead atoms. The number of carbonyl (C=O) groups is 1. The van der Waals surface area contributed by atoms with Gasteiger partial charge in [0.25, 0.3) is 0 Å². The minimum Gasteiger partial charge on any atom is -0.345 e. The van der Waals surface area contributed by atoms with Crippen molar-refractivity contribution in [2.45, 2.75) is 0 Å². The zero-order valence-corrected chi connectivity index (χ0v) is 4.72. The molecule has 0 aliphatic heterocycles. The average molecular weight is 136 g/mol. The molecule has 0 radical (unpaired) electrons. The van der Waals surface area contributed by atoms with Crippen molar-refractivity contribution in [3.63, 3.8) is 0 Å². The first kappa shape index (κ1) is 7.16. The van der Waals surface area contributed by atoms with Gasteiger partial charge in [-0.1, -0.05) is 6.58 Å². The van der Waals surface area contributed by atoms with Crippen LogP contribution in [0.25, 0.3) is 0 Å². The standard InChI is InChI=1S/C3H4O4S/c1-2-8(5,6)7-3-4/h2-3H,1H2. The van der Waals surface area contributed by atoms with Crippen molar-refractivity contribution < 1.29 is 17.4 Å². The summed E-state index contributed by atoms with van der Waals surface area (Å²) in [5.41, 5.74) is 0. The van der Waals surface area contributed by atoms with Gasteiger partial charge in [0, 0.05) is 0 Å². The molecule has 0 aromatic rings. The van der Waals surface area contributed by atoms with Gasteiger partial charge in [0.1, 0.15) is 0 Å². The normalized spacial score (nSPS) is 10.0. The number of rotatable bonds is 3. The Labute approximate surface area is 46.9 Å². The van der Waals surface area contributed by atoms with E-state index >= 15 is 0 Å². The van der Waals surface area contributed by atoms with Crippen molar-refractivity contribution in [1.29, 1.82) is 0 Å². The molecule has 46 valence electrons. The van der Waals surface area contributed by atoms with E-state index in [-0.39, 0.29) is 6.47 Å². The van der Waals surface area contributed by atoms with Crippen molar-refractivity contribution >= 4 is 16.6 Å². The molecule has 0 aliphatic carbocycles. The molecule has 0 amide bonds. The maximum Gasteiger partial charge on any atom is 0.333 e. The van der Waals surface area contributed by atoms with E-state index in [1.165, 1.54) is 0 Å². The molecule has 8 heavy (non-hydrogen) atoms. The fourth-order valence-electron chi connectivity index (χ4n) is 0.0940. The van der Waals surface area contributed by atoms with E-state index < -0.39 is 10.1 Å². The van der Waals surface area contributed by atoms with Crippen molar-refractivity contribution in [3.05, 3.63) is 12.0 Å². The predicted molar refractivity (Wildman–Crippen MR) is 26.3 cm³/mol. The van der Waals surface area contributed by atoms with Crippen LogP contribution in [0.2, 0.25) is 0 Å². The first-order chi connectivity index (χ1) is 3.62. The molecular formula is C3H4O4S. The molecule has 0 aromatic carbocycles. The van der Waals surface area contributed by atoms with Crippen LogP contribution >= 0.6 is 0 Å². The molecule has 5 heteroatoms.